The minimum atomic E-state index is -0.916. The van der Waals surface area contributed by atoms with Crippen molar-refractivity contribution in [3.63, 3.8) is 0 Å². The van der Waals surface area contributed by atoms with E-state index in [9.17, 15) is 13.6 Å². The third kappa shape index (κ3) is 2.70. The number of aromatic nitrogens is 1. The number of pyridine rings is 1. The van der Waals surface area contributed by atoms with Gasteiger partial charge < -0.3 is 9.80 Å². The average Bonchev–Trinajstić information content (AvgIpc) is 2.48. The van der Waals surface area contributed by atoms with Crippen LogP contribution in [0.3, 0.4) is 0 Å². The average molecular weight is 326 g/mol. The summed E-state index contributed by atoms with van der Waals surface area (Å²) in [4.78, 5) is 19.3. The van der Waals surface area contributed by atoms with Gasteiger partial charge in [0.25, 0.3) is 0 Å². The monoisotopic (exact) mass is 325 g/mol. The highest BCUT2D eigenvalue weighted by Gasteiger charge is 2.22. The number of hydrogen-bond donors (Lipinski definition) is 0. The van der Waals surface area contributed by atoms with Crippen LogP contribution in [0.1, 0.15) is 6.92 Å². The Morgan fingerprint density at radius 2 is 1.77 bits per heavy atom. The van der Waals surface area contributed by atoms with E-state index in [1.807, 2.05) is 4.90 Å². The molecule has 1 saturated heterocycles. The summed E-state index contributed by atoms with van der Waals surface area (Å²) in [5.74, 6) is -1.29. The number of rotatable bonds is 1. The van der Waals surface area contributed by atoms with Crippen LogP contribution in [0.15, 0.2) is 18.2 Å². The second-order valence-corrected chi connectivity index (χ2v) is 5.64. The molecule has 1 fully saturated rings. The molecule has 0 radical (unpaired) electrons. The van der Waals surface area contributed by atoms with Gasteiger partial charge in [0.05, 0.1) is 0 Å². The summed E-state index contributed by atoms with van der Waals surface area (Å²) in [6.45, 7) is 3.80. The van der Waals surface area contributed by atoms with Crippen molar-refractivity contribution in [1.29, 1.82) is 0 Å². The Labute approximate surface area is 131 Å². The number of halogens is 3. The summed E-state index contributed by atoms with van der Waals surface area (Å²) in [7, 11) is 0. The summed E-state index contributed by atoms with van der Waals surface area (Å²) in [5, 5.41) is 1.24. The van der Waals surface area contributed by atoms with Crippen LogP contribution in [0.5, 0.6) is 0 Å². The van der Waals surface area contributed by atoms with Gasteiger partial charge in [-0.05, 0) is 23.6 Å². The number of carbonyl (C=O) groups excluding carboxylic acids is 1. The van der Waals surface area contributed by atoms with Crippen LogP contribution in [0.4, 0.5) is 14.6 Å². The predicted octanol–water partition coefficient (Wildman–Crippen LogP) is 2.83. The van der Waals surface area contributed by atoms with Crippen molar-refractivity contribution in [3.05, 3.63) is 35.0 Å². The van der Waals surface area contributed by atoms with E-state index in [0.717, 1.165) is 12.1 Å². The van der Waals surface area contributed by atoms with Gasteiger partial charge in [0, 0.05) is 38.5 Å². The fourth-order valence-corrected chi connectivity index (χ4v) is 2.87. The Morgan fingerprint density at radius 3 is 2.41 bits per heavy atom. The third-order valence-corrected chi connectivity index (χ3v) is 4.04. The largest absolute Gasteiger partial charge is 0.353 e. The molecule has 116 valence electrons. The van der Waals surface area contributed by atoms with Gasteiger partial charge >= 0.3 is 0 Å². The lowest BCUT2D eigenvalue weighted by Crippen LogP contribution is -2.48. The molecule has 2 aromatic rings. The number of amides is 1. The maximum Gasteiger partial charge on any atom is 0.219 e. The second kappa shape index (κ2) is 5.68. The van der Waals surface area contributed by atoms with E-state index in [2.05, 4.69) is 4.98 Å². The van der Waals surface area contributed by atoms with Crippen LogP contribution in [-0.4, -0.2) is 42.0 Å². The molecule has 0 unspecified atom stereocenters. The van der Waals surface area contributed by atoms with Gasteiger partial charge in [0.1, 0.15) is 11.0 Å². The van der Waals surface area contributed by atoms with Crippen LogP contribution >= 0.6 is 11.6 Å². The Hall–Kier alpha value is -1.95. The number of hydrogen-bond acceptors (Lipinski definition) is 3. The Bertz CT molecular complexity index is 745. The molecule has 1 aromatic carbocycles. The number of nitrogens with zero attached hydrogens (tertiary/aromatic N) is 3. The number of fused-ring (bicyclic) bond motifs is 1. The molecule has 3 rings (SSSR count). The van der Waals surface area contributed by atoms with Crippen LogP contribution in [0.2, 0.25) is 5.15 Å². The summed E-state index contributed by atoms with van der Waals surface area (Å²) >= 11 is 6.00. The van der Waals surface area contributed by atoms with Crippen LogP contribution < -0.4 is 4.90 Å². The van der Waals surface area contributed by atoms with E-state index in [1.54, 1.807) is 4.90 Å². The van der Waals surface area contributed by atoms with E-state index in [-0.39, 0.29) is 11.1 Å². The summed E-state index contributed by atoms with van der Waals surface area (Å²) in [5.41, 5.74) is 0. The van der Waals surface area contributed by atoms with Gasteiger partial charge in [-0.1, -0.05) is 11.6 Å². The fourth-order valence-electron chi connectivity index (χ4n) is 2.67. The van der Waals surface area contributed by atoms with Crippen molar-refractivity contribution < 1.29 is 13.6 Å². The standard InChI is InChI=1S/C15H14ClF2N3O/c1-9(22)20-2-4-21(5-3-20)15-11-8-13(18)12(17)6-10(11)7-14(16)19-15/h6-8H,2-5H2,1H3. The number of benzene rings is 1. The first kappa shape index (κ1) is 15.0. The van der Waals surface area contributed by atoms with Gasteiger partial charge in [-0.2, -0.15) is 0 Å². The van der Waals surface area contributed by atoms with Crippen molar-refractivity contribution in [2.24, 2.45) is 0 Å². The molecular weight excluding hydrogens is 312 g/mol. The predicted molar refractivity (Wildman–Crippen MR) is 81.1 cm³/mol. The smallest absolute Gasteiger partial charge is 0.219 e. The van der Waals surface area contributed by atoms with E-state index < -0.39 is 11.6 Å². The van der Waals surface area contributed by atoms with E-state index in [4.69, 9.17) is 11.6 Å². The summed E-state index contributed by atoms with van der Waals surface area (Å²) < 4.78 is 27.0. The molecule has 0 aliphatic carbocycles. The van der Waals surface area contributed by atoms with Gasteiger partial charge in [-0.25, -0.2) is 13.8 Å². The number of anilines is 1. The van der Waals surface area contributed by atoms with Gasteiger partial charge in [-0.3, -0.25) is 4.79 Å². The molecule has 1 aromatic heterocycles. The number of piperazine rings is 1. The topological polar surface area (TPSA) is 36.4 Å². The Kier molecular flexibility index (Phi) is 3.87. The first-order chi connectivity index (χ1) is 10.5. The molecule has 2 heterocycles. The van der Waals surface area contributed by atoms with Crippen LogP contribution in [0, 0.1) is 11.6 Å². The summed E-state index contributed by atoms with van der Waals surface area (Å²) in [6.07, 6.45) is 0. The molecule has 1 amide bonds. The lowest BCUT2D eigenvalue weighted by molar-refractivity contribution is -0.129. The van der Waals surface area contributed by atoms with E-state index in [1.165, 1.54) is 13.0 Å². The van der Waals surface area contributed by atoms with Crippen molar-refractivity contribution >= 4 is 34.1 Å². The highest BCUT2D eigenvalue weighted by molar-refractivity contribution is 6.30. The molecule has 1 aliphatic rings. The number of carbonyl (C=O) groups is 1. The van der Waals surface area contributed by atoms with Crippen molar-refractivity contribution in [2.75, 3.05) is 31.1 Å². The minimum Gasteiger partial charge on any atom is -0.353 e. The molecule has 1 aliphatic heterocycles. The molecule has 0 saturated carbocycles. The van der Waals surface area contributed by atoms with Crippen LogP contribution in [-0.2, 0) is 4.79 Å². The molecule has 0 atom stereocenters. The second-order valence-electron chi connectivity index (χ2n) is 5.25. The SMILES string of the molecule is CC(=O)N1CCN(c2nc(Cl)cc3cc(F)c(F)cc23)CC1. The zero-order valence-electron chi connectivity index (χ0n) is 11.9. The highest BCUT2D eigenvalue weighted by atomic mass is 35.5. The Morgan fingerprint density at radius 1 is 1.14 bits per heavy atom. The molecule has 22 heavy (non-hydrogen) atoms. The normalized spacial score (nSPS) is 15.5. The molecule has 0 spiro atoms. The van der Waals surface area contributed by atoms with Gasteiger partial charge in [0.15, 0.2) is 11.6 Å². The minimum absolute atomic E-state index is 0.0247. The van der Waals surface area contributed by atoms with Crippen molar-refractivity contribution in [1.82, 2.24) is 9.88 Å². The molecule has 0 N–H and O–H groups in total. The van der Waals surface area contributed by atoms with Crippen molar-refractivity contribution in [3.8, 4) is 0 Å². The molecular formula is C15H14ClF2N3O. The molecule has 7 heteroatoms. The fraction of sp³-hybridized carbons (Fsp3) is 0.333. The van der Waals surface area contributed by atoms with Crippen LogP contribution in [0.25, 0.3) is 10.8 Å². The maximum absolute atomic E-state index is 13.6. The van der Waals surface area contributed by atoms with E-state index >= 15 is 0 Å². The van der Waals surface area contributed by atoms with Gasteiger partial charge in [-0.15, -0.1) is 0 Å². The molecule has 0 bridgehead atoms. The lowest BCUT2D eigenvalue weighted by Gasteiger charge is -2.35. The van der Waals surface area contributed by atoms with Gasteiger partial charge in [0.2, 0.25) is 5.91 Å². The quantitative estimate of drug-likeness (QED) is 0.757. The third-order valence-electron chi connectivity index (χ3n) is 3.85. The Balaban J connectivity index is 2.00. The lowest BCUT2D eigenvalue weighted by atomic mass is 10.1. The first-order valence-electron chi connectivity index (χ1n) is 6.91. The zero-order chi connectivity index (χ0) is 15.9. The highest BCUT2D eigenvalue weighted by Crippen LogP contribution is 2.30. The van der Waals surface area contributed by atoms with E-state index in [0.29, 0.717) is 42.8 Å². The maximum atomic E-state index is 13.6. The first-order valence-corrected chi connectivity index (χ1v) is 7.29. The zero-order valence-corrected chi connectivity index (χ0v) is 12.7. The van der Waals surface area contributed by atoms with Crippen molar-refractivity contribution in [2.45, 2.75) is 6.92 Å². The summed E-state index contributed by atoms with van der Waals surface area (Å²) in [6, 6.07) is 3.77. The molecule has 4 nitrogen and oxygen atoms in total.